The van der Waals surface area contributed by atoms with E-state index in [1.54, 1.807) is 18.5 Å². The molecular formula is C12H14ClN3O. The predicted octanol–water partition coefficient (Wildman–Crippen LogP) is 3.22. The molecule has 17 heavy (non-hydrogen) atoms. The molecule has 0 fully saturated rings. The molecule has 4 nitrogen and oxygen atoms in total. The van der Waals surface area contributed by atoms with Crippen molar-refractivity contribution < 1.29 is 4.74 Å². The van der Waals surface area contributed by atoms with E-state index in [1.165, 1.54) is 0 Å². The number of pyridine rings is 1. The first kappa shape index (κ1) is 11.9. The van der Waals surface area contributed by atoms with E-state index in [0.29, 0.717) is 17.5 Å². The Labute approximate surface area is 105 Å². The SMILES string of the molecule is CCCn1cc(Oc2ccc(CCl)cn2)cn1. The Morgan fingerprint density at radius 3 is 2.88 bits per heavy atom. The summed E-state index contributed by atoms with van der Waals surface area (Å²) in [6.07, 6.45) is 6.30. The fraction of sp³-hybridized carbons (Fsp3) is 0.333. The van der Waals surface area contributed by atoms with Crippen LogP contribution in [0, 0.1) is 0 Å². The van der Waals surface area contributed by atoms with Crippen molar-refractivity contribution in [3.8, 4) is 11.6 Å². The molecule has 2 heterocycles. The molecule has 0 unspecified atom stereocenters. The highest BCUT2D eigenvalue weighted by molar-refractivity contribution is 6.17. The van der Waals surface area contributed by atoms with Gasteiger partial charge in [0, 0.05) is 24.7 Å². The van der Waals surface area contributed by atoms with Gasteiger partial charge in [-0.15, -0.1) is 11.6 Å². The topological polar surface area (TPSA) is 39.9 Å². The number of hydrogen-bond acceptors (Lipinski definition) is 3. The molecule has 5 heteroatoms. The van der Waals surface area contributed by atoms with Crippen LogP contribution in [0.1, 0.15) is 18.9 Å². The van der Waals surface area contributed by atoms with Crippen molar-refractivity contribution in [2.45, 2.75) is 25.8 Å². The van der Waals surface area contributed by atoms with E-state index in [1.807, 2.05) is 16.9 Å². The lowest BCUT2D eigenvalue weighted by atomic mass is 10.3. The number of alkyl halides is 1. The zero-order valence-electron chi connectivity index (χ0n) is 9.64. The van der Waals surface area contributed by atoms with Crippen molar-refractivity contribution in [3.05, 3.63) is 36.3 Å². The Bertz CT molecular complexity index is 467. The van der Waals surface area contributed by atoms with Crippen LogP contribution in [0.5, 0.6) is 11.6 Å². The van der Waals surface area contributed by atoms with Crippen LogP contribution < -0.4 is 4.74 Å². The van der Waals surface area contributed by atoms with Gasteiger partial charge >= 0.3 is 0 Å². The first-order chi connectivity index (χ1) is 8.31. The zero-order valence-corrected chi connectivity index (χ0v) is 10.4. The normalized spacial score (nSPS) is 10.5. The maximum absolute atomic E-state index is 5.68. The minimum Gasteiger partial charge on any atom is -0.436 e. The third-order valence-corrected chi connectivity index (χ3v) is 2.55. The maximum Gasteiger partial charge on any atom is 0.219 e. The van der Waals surface area contributed by atoms with Crippen LogP contribution in [0.15, 0.2) is 30.7 Å². The van der Waals surface area contributed by atoms with Crippen LogP contribution in [0.3, 0.4) is 0 Å². The summed E-state index contributed by atoms with van der Waals surface area (Å²) in [4.78, 5) is 4.16. The number of ether oxygens (including phenoxy) is 1. The van der Waals surface area contributed by atoms with Gasteiger partial charge in [-0.05, 0) is 12.0 Å². The van der Waals surface area contributed by atoms with Gasteiger partial charge in [0.2, 0.25) is 5.88 Å². The highest BCUT2D eigenvalue weighted by atomic mass is 35.5. The van der Waals surface area contributed by atoms with Gasteiger partial charge in [0.1, 0.15) is 0 Å². The maximum atomic E-state index is 5.68. The summed E-state index contributed by atoms with van der Waals surface area (Å²) in [7, 11) is 0. The molecule has 0 aromatic carbocycles. The van der Waals surface area contributed by atoms with Crippen LogP contribution in [0.25, 0.3) is 0 Å². The Morgan fingerprint density at radius 1 is 1.35 bits per heavy atom. The van der Waals surface area contributed by atoms with E-state index < -0.39 is 0 Å². The van der Waals surface area contributed by atoms with Gasteiger partial charge in [-0.2, -0.15) is 5.10 Å². The second-order valence-electron chi connectivity index (χ2n) is 3.68. The third kappa shape index (κ3) is 3.20. The Morgan fingerprint density at radius 2 is 2.24 bits per heavy atom. The Balaban J connectivity index is 2.03. The Hall–Kier alpha value is -1.55. The molecule has 0 radical (unpaired) electrons. The van der Waals surface area contributed by atoms with Crippen molar-refractivity contribution in [3.63, 3.8) is 0 Å². The van der Waals surface area contributed by atoms with Gasteiger partial charge in [-0.1, -0.05) is 13.0 Å². The van der Waals surface area contributed by atoms with Crippen LogP contribution in [0.4, 0.5) is 0 Å². The smallest absolute Gasteiger partial charge is 0.219 e. The Kier molecular flexibility index (Phi) is 3.98. The summed E-state index contributed by atoms with van der Waals surface area (Å²) >= 11 is 5.68. The van der Waals surface area contributed by atoms with Gasteiger partial charge in [-0.25, -0.2) is 4.98 Å². The lowest BCUT2D eigenvalue weighted by Gasteiger charge is -2.01. The lowest BCUT2D eigenvalue weighted by molar-refractivity contribution is 0.461. The molecule has 0 aliphatic carbocycles. The predicted molar refractivity (Wildman–Crippen MR) is 66.4 cm³/mol. The summed E-state index contributed by atoms with van der Waals surface area (Å²) in [5, 5.41) is 4.18. The second kappa shape index (κ2) is 5.68. The summed E-state index contributed by atoms with van der Waals surface area (Å²) in [5.74, 6) is 1.71. The number of aryl methyl sites for hydroxylation is 1. The van der Waals surface area contributed by atoms with Crippen LogP contribution in [0.2, 0.25) is 0 Å². The molecule has 0 spiro atoms. The zero-order chi connectivity index (χ0) is 12.1. The number of halogens is 1. The second-order valence-corrected chi connectivity index (χ2v) is 3.95. The summed E-state index contributed by atoms with van der Waals surface area (Å²) in [6.45, 7) is 3.00. The molecule has 2 rings (SSSR count). The van der Waals surface area contributed by atoms with Crippen LogP contribution >= 0.6 is 11.6 Å². The average Bonchev–Trinajstić information content (AvgIpc) is 2.78. The quantitative estimate of drug-likeness (QED) is 0.766. The average molecular weight is 252 g/mol. The number of rotatable bonds is 5. The van der Waals surface area contributed by atoms with E-state index in [-0.39, 0.29) is 0 Å². The number of hydrogen-bond donors (Lipinski definition) is 0. The molecule has 0 saturated heterocycles. The van der Waals surface area contributed by atoms with Gasteiger partial charge in [0.05, 0.1) is 12.4 Å². The number of aromatic nitrogens is 3. The van der Waals surface area contributed by atoms with Crippen LogP contribution in [-0.2, 0) is 12.4 Å². The minimum absolute atomic E-state index is 0.460. The highest BCUT2D eigenvalue weighted by Crippen LogP contribution is 2.18. The molecule has 0 atom stereocenters. The fourth-order valence-electron chi connectivity index (χ4n) is 1.42. The van der Waals surface area contributed by atoms with E-state index >= 15 is 0 Å². The van der Waals surface area contributed by atoms with E-state index in [2.05, 4.69) is 17.0 Å². The van der Waals surface area contributed by atoms with Crippen molar-refractivity contribution in [1.82, 2.24) is 14.8 Å². The fourth-order valence-corrected chi connectivity index (χ4v) is 1.58. The van der Waals surface area contributed by atoms with Crippen LogP contribution in [-0.4, -0.2) is 14.8 Å². The number of nitrogens with zero attached hydrogens (tertiary/aromatic N) is 3. The van der Waals surface area contributed by atoms with Gasteiger partial charge in [-0.3, -0.25) is 4.68 Å². The molecule has 0 amide bonds. The summed E-state index contributed by atoms with van der Waals surface area (Å²) in [6, 6.07) is 3.70. The minimum atomic E-state index is 0.460. The van der Waals surface area contributed by atoms with Crippen molar-refractivity contribution >= 4 is 11.6 Å². The monoisotopic (exact) mass is 251 g/mol. The third-order valence-electron chi connectivity index (χ3n) is 2.24. The van der Waals surface area contributed by atoms with E-state index in [9.17, 15) is 0 Å². The first-order valence-electron chi connectivity index (χ1n) is 5.53. The van der Waals surface area contributed by atoms with Gasteiger partial charge in [0.25, 0.3) is 0 Å². The molecule has 0 aliphatic heterocycles. The molecule has 0 aliphatic rings. The van der Waals surface area contributed by atoms with Crippen molar-refractivity contribution in [2.75, 3.05) is 0 Å². The molecule has 0 bridgehead atoms. The summed E-state index contributed by atoms with van der Waals surface area (Å²) < 4.78 is 7.42. The molecule has 2 aromatic heterocycles. The van der Waals surface area contributed by atoms with Gasteiger partial charge in [0.15, 0.2) is 5.75 Å². The first-order valence-corrected chi connectivity index (χ1v) is 6.06. The van der Waals surface area contributed by atoms with E-state index in [4.69, 9.17) is 16.3 Å². The molecule has 0 N–H and O–H groups in total. The molecule has 0 saturated carbocycles. The molecule has 90 valence electrons. The molecular weight excluding hydrogens is 238 g/mol. The standard InChI is InChI=1S/C12H14ClN3O/c1-2-5-16-9-11(8-15-16)17-12-4-3-10(6-13)7-14-12/h3-4,7-9H,2,5-6H2,1H3. The summed E-state index contributed by atoms with van der Waals surface area (Å²) in [5.41, 5.74) is 0.973. The lowest BCUT2D eigenvalue weighted by Crippen LogP contribution is -1.95. The largest absolute Gasteiger partial charge is 0.436 e. The van der Waals surface area contributed by atoms with E-state index in [0.717, 1.165) is 18.5 Å². The van der Waals surface area contributed by atoms with Crippen molar-refractivity contribution in [1.29, 1.82) is 0 Å². The van der Waals surface area contributed by atoms with Gasteiger partial charge < -0.3 is 4.74 Å². The molecule has 2 aromatic rings. The van der Waals surface area contributed by atoms with Crippen molar-refractivity contribution in [2.24, 2.45) is 0 Å². The highest BCUT2D eigenvalue weighted by Gasteiger charge is 2.02.